The van der Waals surface area contributed by atoms with E-state index in [2.05, 4.69) is 5.32 Å². The highest BCUT2D eigenvalue weighted by Gasteiger charge is 2.42. The Morgan fingerprint density at radius 1 is 0.967 bits per heavy atom. The smallest absolute Gasteiger partial charge is 0.335 e. The maximum atomic E-state index is 13.0. The van der Waals surface area contributed by atoms with Gasteiger partial charge in [-0.3, -0.25) is 9.59 Å². The zero-order valence-corrected chi connectivity index (χ0v) is 15.4. The van der Waals surface area contributed by atoms with Gasteiger partial charge in [-0.2, -0.15) is 26.3 Å². The number of ketones is 1. The van der Waals surface area contributed by atoms with Crippen molar-refractivity contribution in [2.45, 2.75) is 25.8 Å². The first-order valence-electron chi connectivity index (χ1n) is 8.56. The van der Waals surface area contributed by atoms with E-state index in [0.717, 1.165) is 18.2 Å². The van der Waals surface area contributed by atoms with Crippen molar-refractivity contribution < 1.29 is 35.9 Å². The Balaban J connectivity index is 1.94. The summed E-state index contributed by atoms with van der Waals surface area (Å²) in [7, 11) is 0. The van der Waals surface area contributed by atoms with Gasteiger partial charge in [0.05, 0.1) is 11.1 Å². The standard InChI is InChI=1S/C20H14F6N2O2/c1-11-17(18(30)20(24,25)26)14-7-2-3-8-15(14)28(11)10-16(29)27-13-6-4-5-12(9-13)19(21,22)23/h2-9H,10H2,1H3,(H,27,29). The number of alkyl halides is 6. The molecule has 1 aromatic heterocycles. The number of nitrogens with zero attached hydrogens (tertiary/aromatic N) is 1. The molecule has 0 aliphatic rings. The third-order valence-corrected chi connectivity index (χ3v) is 4.49. The van der Waals surface area contributed by atoms with Crippen LogP contribution in [-0.4, -0.2) is 22.4 Å². The molecule has 2 aromatic carbocycles. The van der Waals surface area contributed by atoms with Gasteiger partial charge in [-0.1, -0.05) is 24.3 Å². The van der Waals surface area contributed by atoms with E-state index in [4.69, 9.17) is 0 Å². The van der Waals surface area contributed by atoms with Gasteiger partial charge >= 0.3 is 12.4 Å². The fourth-order valence-electron chi connectivity index (χ4n) is 3.18. The number of benzene rings is 2. The van der Waals surface area contributed by atoms with Crippen LogP contribution in [0.1, 0.15) is 21.6 Å². The van der Waals surface area contributed by atoms with Crippen LogP contribution in [0.4, 0.5) is 32.0 Å². The van der Waals surface area contributed by atoms with Crippen molar-refractivity contribution in [2.75, 3.05) is 5.32 Å². The van der Waals surface area contributed by atoms with Crippen molar-refractivity contribution >= 4 is 28.3 Å². The highest BCUT2D eigenvalue weighted by molar-refractivity contribution is 6.12. The van der Waals surface area contributed by atoms with Crippen molar-refractivity contribution in [3.8, 4) is 0 Å². The second kappa shape index (κ2) is 7.51. The number of anilines is 1. The molecule has 0 bridgehead atoms. The van der Waals surface area contributed by atoms with Crippen molar-refractivity contribution in [1.29, 1.82) is 0 Å². The van der Waals surface area contributed by atoms with Crippen LogP contribution in [0, 0.1) is 6.92 Å². The molecule has 0 saturated heterocycles. The zero-order chi connectivity index (χ0) is 22.3. The summed E-state index contributed by atoms with van der Waals surface area (Å²) >= 11 is 0. The Hall–Kier alpha value is -3.30. The number of carbonyl (C=O) groups is 2. The lowest BCUT2D eigenvalue weighted by atomic mass is 10.1. The van der Waals surface area contributed by atoms with E-state index in [1.54, 1.807) is 0 Å². The van der Waals surface area contributed by atoms with E-state index in [1.165, 1.54) is 41.8 Å². The second-order valence-corrected chi connectivity index (χ2v) is 6.52. The molecule has 0 atom stereocenters. The van der Waals surface area contributed by atoms with E-state index in [0.29, 0.717) is 0 Å². The van der Waals surface area contributed by atoms with Gasteiger partial charge in [0.2, 0.25) is 5.91 Å². The summed E-state index contributed by atoms with van der Waals surface area (Å²) in [6.45, 7) is 0.782. The van der Waals surface area contributed by atoms with Gasteiger partial charge in [-0.15, -0.1) is 0 Å². The van der Waals surface area contributed by atoms with Crippen molar-refractivity contribution in [1.82, 2.24) is 4.57 Å². The molecule has 1 amide bonds. The second-order valence-electron chi connectivity index (χ2n) is 6.52. The Morgan fingerprint density at radius 3 is 2.27 bits per heavy atom. The number of amides is 1. The first-order chi connectivity index (χ1) is 13.9. The molecule has 0 aliphatic heterocycles. The molecule has 0 saturated carbocycles. The Kier molecular flexibility index (Phi) is 5.36. The van der Waals surface area contributed by atoms with Crippen molar-refractivity contribution in [2.24, 2.45) is 0 Å². The van der Waals surface area contributed by atoms with E-state index >= 15 is 0 Å². The molecule has 3 rings (SSSR count). The molecule has 0 radical (unpaired) electrons. The van der Waals surface area contributed by atoms with Crippen LogP contribution in [0.2, 0.25) is 0 Å². The van der Waals surface area contributed by atoms with Crippen LogP contribution in [0.15, 0.2) is 48.5 Å². The average molecular weight is 428 g/mol. The minimum absolute atomic E-state index is 0.0317. The van der Waals surface area contributed by atoms with Gasteiger partial charge < -0.3 is 9.88 Å². The van der Waals surface area contributed by atoms with Crippen LogP contribution in [0.25, 0.3) is 10.9 Å². The Morgan fingerprint density at radius 2 is 1.63 bits per heavy atom. The van der Waals surface area contributed by atoms with Gasteiger partial charge in [0.1, 0.15) is 6.54 Å². The van der Waals surface area contributed by atoms with Gasteiger partial charge in [0.25, 0.3) is 5.78 Å². The summed E-state index contributed by atoms with van der Waals surface area (Å²) in [4.78, 5) is 24.3. The third-order valence-electron chi connectivity index (χ3n) is 4.49. The number of Topliss-reactive ketones (excluding diaryl/α,β-unsaturated/α-hetero) is 1. The summed E-state index contributed by atoms with van der Waals surface area (Å²) in [6, 6.07) is 9.75. The molecule has 0 spiro atoms. The Bertz CT molecular complexity index is 1130. The van der Waals surface area contributed by atoms with E-state index in [1.807, 2.05) is 0 Å². The lowest BCUT2D eigenvalue weighted by Crippen LogP contribution is -2.24. The maximum absolute atomic E-state index is 13.0. The van der Waals surface area contributed by atoms with Gasteiger partial charge in [-0.05, 0) is 31.2 Å². The fourth-order valence-corrected chi connectivity index (χ4v) is 3.18. The molecule has 0 unspecified atom stereocenters. The predicted molar refractivity (Wildman–Crippen MR) is 97.1 cm³/mol. The largest absolute Gasteiger partial charge is 0.454 e. The highest BCUT2D eigenvalue weighted by atomic mass is 19.4. The first-order valence-corrected chi connectivity index (χ1v) is 8.56. The molecular formula is C20H14F6N2O2. The average Bonchev–Trinajstić information content (AvgIpc) is 2.91. The summed E-state index contributed by atoms with van der Waals surface area (Å²) in [5, 5.41) is 2.33. The lowest BCUT2D eigenvalue weighted by Gasteiger charge is -2.12. The first kappa shape index (κ1) is 21.4. The van der Waals surface area contributed by atoms with Crippen LogP contribution in [0.3, 0.4) is 0 Å². The fraction of sp³-hybridized carbons (Fsp3) is 0.200. The molecule has 1 N–H and O–H groups in total. The number of aromatic nitrogens is 1. The zero-order valence-electron chi connectivity index (χ0n) is 15.4. The molecular weight excluding hydrogens is 414 g/mol. The molecule has 3 aromatic rings. The number of rotatable bonds is 4. The lowest BCUT2D eigenvalue weighted by molar-refractivity contribution is -0.137. The number of hydrogen-bond donors (Lipinski definition) is 1. The number of nitrogens with one attached hydrogen (secondary N) is 1. The topological polar surface area (TPSA) is 51.1 Å². The Labute approximate surface area is 166 Å². The number of carbonyl (C=O) groups excluding carboxylic acids is 2. The van der Waals surface area contributed by atoms with Crippen molar-refractivity contribution in [3.63, 3.8) is 0 Å². The summed E-state index contributed by atoms with van der Waals surface area (Å²) < 4.78 is 78.7. The molecule has 1 heterocycles. The molecule has 10 heteroatoms. The molecule has 158 valence electrons. The molecule has 30 heavy (non-hydrogen) atoms. The van der Waals surface area contributed by atoms with Gasteiger partial charge in [-0.25, -0.2) is 0 Å². The van der Waals surface area contributed by atoms with Gasteiger partial charge in [0.15, 0.2) is 0 Å². The van der Waals surface area contributed by atoms with E-state index in [-0.39, 0.29) is 22.3 Å². The predicted octanol–water partition coefficient (Wildman–Crippen LogP) is 5.35. The monoisotopic (exact) mass is 428 g/mol. The highest BCUT2D eigenvalue weighted by Crippen LogP contribution is 2.32. The molecule has 4 nitrogen and oxygen atoms in total. The number of halogens is 6. The normalized spacial score (nSPS) is 12.2. The minimum Gasteiger partial charge on any atom is -0.335 e. The van der Waals surface area contributed by atoms with Crippen LogP contribution >= 0.6 is 0 Å². The summed E-state index contributed by atoms with van der Waals surface area (Å²) in [5.41, 5.74) is -1.49. The minimum atomic E-state index is -5.10. The van der Waals surface area contributed by atoms with E-state index in [9.17, 15) is 35.9 Å². The van der Waals surface area contributed by atoms with Crippen LogP contribution in [0.5, 0.6) is 0 Å². The third kappa shape index (κ3) is 4.17. The molecule has 0 aliphatic carbocycles. The summed E-state index contributed by atoms with van der Waals surface area (Å²) in [5.74, 6) is -2.79. The van der Waals surface area contributed by atoms with E-state index < -0.39 is 41.7 Å². The van der Waals surface area contributed by atoms with Crippen molar-refractivity contribution in [3.05, 3.63) is 65.4 Å². The quantitative estimate of drug-likeness (QED) is 0.450. The van der Waals surface area contributed by atoms with Gasteiger partial charge in [0, 0.05) is 22.3 Å². The molecule has 0 fully saturated rings. The summed E-state index contributed by atoms with van der Waals surface area (Å²) in [6.07, 6.45) is -9.69. The number of para-hydroxylation sites is 1. The number of fused-ring (bicyclic) bond motifs is 1. The van der Waals surface area contributed by atoms with Crippen LogP contribution in [-0.2, 0) is 17.5 Å². The van der Waals surface area contributed by atoms with Crippen LogP contribution < -0.4 is 5.32 Å². The maximum Gasteiger partial charge on any atom is 0.454 e. The number of hydrogen-bond acceptors (Lipinski definition) is 2. The SMILES string of the molecule is Cc1c(C(=O)C(F)(F)F)c2ccccc2n1CC(=O)Nc1cccc(C(F)(F)F)c1.